The van der Waals surface area contributed by atoms with Gasteiger partial charge in [0.05, 0.1) is 13.2 Å². The molecule has 1 aliphatic heterocycles. The Kier molecular flexibility index (Phi) is 4.28. The van der Waals surface area contributed by atoms with E-state index in [0.717, 1.165) is 15.6 Å². The number of thiophene rings is 1. The number of hydrogen-bond donors (Lipinski definition) is 1. The SMILES string of the molecule is COc1c(OC(C)C)cc2c(c1O)C(=O)/C(=C/c1csc3ccccc13)O2. The van der Waals surface area contributed by atoms with E-state index in [2.05, 4.69) is 0 Å². The average molecular weight is 382 g/mol. The molecule has 0 unspecified atom stereocenters. The number of carbonyl (C=O) groups is 1. The van der Waals surface area contributed by atoms with Crippen LogP contribution in [0.5, 0.6) is 23.0 Å². The number of phenols is 1. The Bertz CT molecular complexity index is 1080. The Morgan fingerprint density at radius 1 is 1.26 bits per heavy atom. The number of aromatic hydroxyl groups is 1. The Morgan fingerprint density at radius 3 is 2.78 bits per heavy atom. The molecule has 2 aromatic carbocycles. The van der Waals surface area contributed by atoms with Gasteiger partial charge in [-0.15, -0.1) is 11.3 Å². The molecule has 3 aromatic rings. The predicted octanol–water partition coefficient (Wildman–Crippen LogP) is 5.02. The van der Waals surface area contributed by atoms with Gasteiger partial charge in [0.2, 0.25) is 11.5 Å². The average Bonchev–Trinajstić information content (AvgIpc) is 3.17. The van der Waals surface area contributed by atoms with Crippen LogP contribution in [0.25, 0.3) is 16.2 Å². The molecule has 1 N–H and O–H groups in total. The van der Waals surface area contributed by atoms with Gasteiger partial charge in [0.25, 0.3) is 0 Å². The number of phenolic OH excluding ortho intramolecular Hbond substituents is 1. The van der Waals surface area contributed by atoms with Crippen molar-refractivity contribution >= 4 is 33.3 Å². The van der Waals surface area contributed by atoms with Crippen molar-refractivity contribution in [3.8, 4) is 23.0 Å². The second-order valence-electron chi connectivity index (χ2n) is 6.42. The van der Waals surface area contributed by atoms with Crippen molar-refractivity contribution in [1.82, 2.24) is 0 Å². The van der Waals surface area contributed by atoms with Gasteiger partial charge in [-0.25, -0.2) is 0 Å². The number of fused-ring (bicyclic) bond motifs is 2. The van der Waals surface area contributed by atoms with E-state index in [1.165, 1.54) is 7.11 Å². The van der Waals surface area contributed by atoms with Crippen LogP contribution in [0.3, 0.4) is 0 Å². The van der Waals surface area contributed by atoms with Crippen LogP contribution in [0, 0.1) is 0 Å². The summed E-state index contributed by atoms with van der Waals surface area (Å²) in [6, 6.07) is 9.54. The largest absolute Gasteiger partial charge is 0.504 e. The third kappa shape index (κ3) is 2.92. The molecular formula is C21H18O5S. The summed E-state index contributed by atoms with van der Waals surface area (Å²) in [4.78, 5) is 12.8. The molecule has 6 heteroatoms. The van der Waals surface area contributed by atoms with Gasteiger partial charge in [0.1, 0.15) is 11.3 Å². The zero-order valence-electron chi connectivity index (χ0n) is 15.1. The Labute approximate surface area is 160 Å². The van der Waals surface area contributed by atoms with E-state index in [0.29, 0.717) is 5.75 Å². The quantitative estimate of drug-likeness (QED) is 0.642. The molecule has 1 aromatic heterocycles. The lowest BCUT2D eigenvalue weighted by atomic mass is 10.1. The van der Waals surface area contributed by atoms with E-state index in [4.69, 9.17) is 14.2 Å². The van der Waals surface area contributed by atoms with Crippen molar-refractivity contribution in [2.45, 2.75) is 20.0 Å². The van der Waals surface area contributed by atoms with E-state index in [1.54, 1.807) is 23.5 Å². The van der Waals surface area contributed by atoms with Gasteiger partial charge in [-0.2, -0.15) is 0 Å². The van der Waals surface area contributed by atoms with Crippen LogP contribution in [0.4, 0.5) is 0 Å². The molecule has 0 atom stereocenters. The molecule has 0 fully saturated rings. The summed E-state index contributed by atoms with van der Waals surface area (Å²) in [5.74, 6) is 0.231. The maximum Gasteiger partial charge on any atom is 0.235 e. The topological polar surface area (TPSA) is 65.0 Å². The summed E-state index contributed by atoms with van der Waals surface area (Å²) in [7, 11) is 1.42. The van der Waals surface area contributed by atoms with E-state index in [1.807, 2.05) is 43.5 Å². The van der Waals surface area contributed by atoms with Gasteiger partial charge >= 0.3 is 0 Å². The molecule has 0 aliphatic carbocycles. The van der Waals surface area contributed by atoms with Crippen LogP contribution >= 0.6 is 11.3 Å². The minimum Gasteiger partial charge on any atom is -0.504 e. The minimum absolute atomic E-state index is 0.0914. The molecule has 0 amide bonds. The lowest BCUT2D eigenvalue weighted by molar-refractivity contribution is 0.101. The van der Waals surface area contributed by atoms with Gasteiger partial charge in [0, 0.05) is 10.8 Å². The molecule has 2 heterocycles. The summed E-state index contributed by atoms with van der Waals surface area (Å²) in [6.45, 7) is 3.73. The van der Waals surface area contributed by atoms with Crippen LogP contribution in [-0.2, 0) is 0 Å². The highest BCUT2D eigenvalue weighted by Crippen LogP contribution is 2.49. The fourth-order valence-corrected chi connectivity index (χ4v) is 4.00. The Hall–Kier alpha value is -2.99. The van der Waals surface area contributed by atoms with Crippen molar-refractivity contribution in [2.24, 2.45) is 0 Å². The van der Waals surface area contributed by atoms with Crippen LogP contribution in [-0.4, -0.2) is 24.1 Å². The molecular weight excluding hydrogens is 364 g/mol. The van der Waals surface area contributed by atoms with Gasteiger partial charge in [-0.1, -0.05) is 18.2 Å². The third-order valence-corrected chi connectivity index (χ3v) is 5.20. The first-order valence-electron chi connectivity index (χ1n) is 8.50. The summed E-state index contributed by atoms with van der Waals surface area (Å²) in [5, 5.41) is 13.6. The van der Waals surface area contributed by atoms with E-state index in [-0.39, 0.29) is 40.5 Å². The molecule has 0 spiro atoms. The number of allylic oxidation sites excluding steroid dienone is 1. The van der Waals surface area contributed by atoms with E-state index in [9.17, 15) is 9.90 Å². The summed E-state index contributed by atoms with van der Waals surface area (Å²) < 4.78 is 17.8. The Morgan fingerprint density at radius 2 is 2.04 bits per heavy atom. The second kappa shape index (κ2) is 6.63. The fraction of sp³-hybridized carbons (Fsp3) is 0.190. The molecule has 4 rings (SSSR count). The van der Waals surface area contributed by atoms with Crippen LogP contribution < -0.4 is 14.2 Å². The molecule has 0 bridgehead atoms. The highest BCUT2D eigenvalue weighted by Gasteiger charge is 2.35. The summed E-state index contributed by atoms with van der Waals surface area (Å²) in [6.07, 6.45) is 1.58. The van der Waals surface area contributed by atoms with Crippen molar-refractivity contribution in [3.05, 3.63) is 52.6 Å². The van der Waals surface area contributed by atoms with Gasteiger partial charge in [-0.05, 0) is 42.3 Å². The van der Waals surface area contributed by atoms with E-state index < -0.39 is 0 Å². The lowest BCUT2D eigenvalue weighted by Crippen LogP contribution is -2.07. The number of benzene rings is 2. The zero-order chi connectivity index (χ0) is 19.1. The maximum absolute atomic E-state index is 12.8. The van der Waals surface area contributed by atoms with Crippen molar-refractivity contribution in [1.29, 1.82) is 0 Å². The van der Waals surface area contributed by atoms with Gasteiger partial charge < -0.3 is 19.3 Å². The number of hydrogen-bond acceptors (Lipinski definition) is 6. The first-order chi connectivity index (χ1) is 13.0. The number of carbonyl (C=O) groups excluding carboxylic acids is 1. The number of methoxy groups -OCH3 is 1. The highest BCUT2D eigenvalue weighted by atomic mass is 32.1. The lowest BCUT2D eigenvalue weighted by Gasteiger charge is -2.15. The molecule has 5 nitrogen and oxygen atoms in total. The minimum atomic E-state index is -0.382. The number of ether oxygens (including phenoxy) is 3. The van der Waals surface area contributed by atoms with Gasteiger partial charge in [-0.3, -0.25) is 4.79 Å². The Balaban J connectivity index is 1.79. The molecule has 138 valence electrons. The first kappa shape index (κ1) is 17.4. The van der Waals surface area contributed by atoms with Crippen LogP contribution in [0.2, 0.25) is 0 Å². The van der Waals surface area contributed by atoms with Crippen LogP contribution in [0.1, 0.15) is 29.8 Å². The van der Waals surface area contributed by atoms with Crippen molar-refractivity contribution in [2.75, 3.05) is 7.11 Å². The standard InChI is InChI=1S/C21H18O5S/c1-11(2)25-16-9-14-18(20(23)21(16)24-3)19(22)15(26-14)8-12-10-27-17-7-5-4-6-13(12)17/h4-11,23H,1-3H3/b15-8-. The predicted molar refractivity (Wildman–Crippen MR) is 105 cm³/mol. The van der Waals surface area contributed by atoms with Crippen molar-refractivity contribution < 1.29 is 24.1 Å². The van der Waals surface area contributed by atoms with Gasteiger partial charge in [0.15, 0.2) is 17.3 Å². The fourth-order valence-electron chi connectivity index (χ4n) is 3.08. The second-order valence-corrected chi connectivity index (χ2v) is 7.33. The van der Waals surface area contributed by atoms with E-state index >= 15 is 0 Å². The zero-order valence-corrected chi connectivity index (χ0v) is 15.9. The number of Topliss-reactive ketones (excluding diaryl/α,β-unsaturated/α-hetero) is 1. The molecule has 0 saturated heterocycles. The summed E-state index contributed by atoms with van der Waals surface area (Å²) >= 11 is 1.60. The normalized spacial score (nSPS) is 14.7. The smallest absolute Gasteiger partial charge is 0.235 e. The molecule has 27 heavy (non-hydrogen) atoms. The highest BCUT2D eigenvalue weighted by molar-refractivity contribution is 7.17. The van der Waals surface area contributed by atoms with Crippen LogP contribution in [0.15, 0.2) is 41.5 Å². The molecule has 1 aliphatic rings. The molecule has 0 radical (unpaired) electrons. The first-order valence-corrected chi connectivity index (χ1v) is 9.38. The summed E-state index contributed by atoms with van der Waals surface area (Å²) in [5.41, 5.74) is 0.991. The number of ketones is 1. The van der Waals surface area contributed by atoms with Crippen molar-refractivity contribution in [3.63, 3.8) is 0 Å². The third-order valence-electron chi connectivity index (χ3n) is 4.22. The number of rotatable bonds is 4. The monoisotopic (exact) mass is 382 g/mol. The maximum atomic E-state index is 12.8. The molecule has 0 saturated carbocycles.